The molecule has 4 nitrogen and oxygen atoms in total. The van der Waals surface area contributed by atoms with Crippen LogP contribution in [0.3, 0.4) is 0 Å². The van der Waals surface area contributed by atoms with Crippen molar-refractivity contribution >= 4 is 5.71 Å². The van der Waals surface area contributed by atoms with E-state index in [0.29, 0.717) is 6.61 Å². The quantitative estimate of drug-likeness (QED) is 0.554. The third-order valence-corrected chi connectivity index (χ3v) is 1.42. The van der Waals surface area contributed by atoms with Crippen molar-refractivity contribution in [3.05, 3.63) is 12.0 Å². The first-order valence-corrected chi connectivity index (χ1v) is 4.40. The molecule has 0 heterocycles. The van der Waals surface area contributed by atoms with Crippen LogP contribution in [0.1, 0.15) is 13.8 Å². The molecule has 0 aromatic heterocycles. The van der Waals surface area contributed by atoms with Crippen LogP contribution in [0.4, 0.5) is 0 Å². The van der Waals surface area contributed by atoms with Crippen LogP contribution < -0.4 is 5.32 Å². The molecule has 0 aromatic rings. The number of ether oxygens (including phenoxy) is 2. The molecule has 0 unspecified atom stereocenters. The first-order valence-electron chi connectivity index (χ1n) is 4.40. The summed E-state index contributed by atoms with van der Waals surface area (Å²) in [5.74, 6) is 0. The van der Waals surface area contributed by atoms with Gasteiger partial charge in [-0.2, -0.15) is 0 Å². The summed E-state index contributed by atoms with van der Waals surface area (Å²) in [6.45, 7) is 4.52. The summed E-state index contributed by atoms with van der Waals surface area (Å²) in [4.78, 5) is 3.87. The van der Waals surface area contributed by atoms with Crippen LogP contribution in [0.2, 0.25) is 0 Å². The summed E-state index contributed by atoms with van der Waals surface area (Å²) in [5.41, 5.74) is 2.06. The van der Waals surface area contributed by atoms with Gasteiger partial charge in [0.1, 0.15) is 6.26 Å². The van der Waals surface area contributed by atoms with Crippen molar-refractivity contribution in [2.24, 2.45) is 4.99 Å². The van der Waals surface area contributed by atoms with Crippen LogP contribution in [-0.2, 0) is 9.47 Å². The summed E-state index contributed by atoms with van der Waals surface area (Å²) < 4.78 is 9.43. The van der Waals surface area contributed by atoms with Crippen LogP contribution in [0.15, 0.2) is 17.0 Å². The molecule has 0 aliphatic carbocycles. The average Bonchev–Trinajstić information content (AvgIpc) is 2.19. The van der Waals surface area contributed by atoms with E-state index in [-0.39, 0.29) is 0 Å². The Hall–Kier alpha value is -1.03. The van der Waals surface area contributed by atoms with Crippen LogP contribution in [0.5, 0.6) is 0 Å². The minimum Gasteiger partial charge on any atom is -0.503 e. The molecule has 0 rings (SSSR count). The molecule has 0 atom stereocenters. The highest BCUT2D eigenvalue weighted by Gasteiger charge is 1.81. The molecule has 1 N–H and O–H groups in total. The van der Waals surface area contributed by atoms with E-state index in [1.807, 2.05) is 20.9 Å². The number of hydrogen-bond acceptors (Lipinski definition) is 4. The Morgan fingerprint density at radius 1 is 1.36 bits per heavy atom. The van der Waals surface area contributed by atoms with Crippen molar-refractivity contribution in [3.8, 4) is 0 Å². The van der Waals surface area contributed by atoms with E-state index in [1.54, 1.807) is 27.5 Å². The van der Waals surface area contributed by atoms with E-state index in [2.05, 4.69) is 15.0 Å². The van der Waals surface area contributed by atoms with E-state index in [4.69, 9.17) is 4.74 Å². The summed E-state index contributed by atoms with van der Waals surface area (Å²) in [6.07, 6.45) is 1.65. The minimum atomic E-state index is 0.649. The number of rotatable bonds is 4. The maximum absolute atomic E-state index is 4.76. The molecular weight excluding hydrogens is 180 g/mol. The highest BCUT2D eigenvalue weighted by molar-refractivity contribution is 5.82. The Morgan fingerprint density at radius 3 is 2.07 bits per heavy atom. The fourth-order valence-electron chi connectivity index (χ4n) is 0.509. The third-order valence-electron chi connectivity index (χ3n) is 1.42. The van der Waals surface area contributed by atoms with Gasteiger partial charge in [0.25, 0.3) is 0 Å². The normalized spacial score (nSPS) is 11.6. The van der Waals surface area contributed by atoms with Crippen molar-refractivity contribution in [2.45, 2.75) is 13.8 Å². The Bertz CT molecular complexity index is 177. The van der Waals surface area contributed by atoms with Crippen molar-refractivity contribution in [2.75, 3.05) is 34.9 Å². The molecule has 0 bridgehead atoms. The lowest BCUT2D eigenvalue weighted by Crippen LogP contribution is -2.01. The number of allylic oxidation sites excluding steroid dienone is 1. The number of nitrogens with one attached hydrogen (secondary N) is 1. The maximum Gasteiger partial charge on any atom is 0.101 e. The third kappa shape index (κ3) is 13.6. The van der Waals surface area contributed by atoms with E-state index < -0.39 is 0 Å². The van der Waals surface area contributed by atoms with E-state index >= 15 is 0 Å². The second-order valence-electron chi connectivity index (χ2n) is 2.68. The zero-order chi connectivity index (χ0) is 11.4. The molecule has 0 saturated heterocycles. The van der Waals surface area contributed by atoms with Gasteiger partial charge in [-0.1, -0.05) is 0 Å². The molecule has 0 radical (unpaired) electrons. The van der Waals surface area contributed by atoms with Gasteiger partial charge in [-0.15, -0.1) is 0 Å². The van der Waals surface area contributed by atoms with Gasteiger partial charge < -0.3 is 14.8 Å². The smallest absolute Gasteiger partial charge is 0.101 e. The van der Waals surface area contributed by atoms with Crippen LogP contribution >= 0.6 is 0 Å². The number of nitrogens with zero attached hydrogens (tertiary/aromatic N) is 1. The van der Waals surface area contributed by atoms with E-state index in [9.17, 15) is 0 Å². The first kappa shape index (κ1) is 15.4. The van der Waals surface area contributed by atoms with Gasteiger partial charge in [0.2, 0.25) is 0 Å². The summed E-state index contributed by atoms with van der Waals surface area (Å²) in [7, 11) is 6.90. The van der Waals surface area contributed by atoms with Crippen LogP contribution in [-0.4, -0.2) is 40.6 Å². The topological polar surface area (TPSA) is 42.8 Å². The van der Waals surface area contributed by atoms with Crippen LogP contribution in [0, 0.1) is 0 Å². The standard InChI is InChI=1S/2C5H11NO/c2*1-5(6-2)4-7-3/h4H2,1-3H3;4,6H,1-3H3/b;5-4-. The molecule has 0 spiro atoms. The highest BCUT2D eigenvalue weighted by Crippen LogP contribution is 1.80. The van der Waals surface area contributed by atoms with Gasteiger partial charge in [0.15, 0.2) is 0 Å². The minimum absolute atomic E-state index is 0.649. The molecule has 0 fully saturated rings. The number of methoxy groups -OCH3 is 2. The molecule has 0 amide bonds. The second kappa shape index (κ2) is 12.0. The molecule has 0 aliphatic heterocycles. The average molecular weight is 202 g/mol. The lowest BCUT2D eigenvalue weighted by molar-refractivity contribution is 0.245. The number of aliphatic imine (C=N–C) groups is 1. The van der Waals surface area contributed by atoms with Crippen molar-refractivity contribution in [3.63, 3.8) is 0 Å². The monoisotopic (exact) mass is 202 g/mol. The van der Waals surface area contributed by atoms with Gasteiger partial charge in [-0.05, 0) is 13.8 Å². The summed E-state index contributed by atoms with van der Waals surface area (Å²) >= 11 is 0. The van der Waals surface area contributed by atoms with Crippen molar-refractivity contribution in [1.82, 2.24) is 5.32 Å². The van der Waals surface area contributed by atoms with Crippen LogP contribution in [0.25, 0.3) is 0 Å². The lowest BCUT2D eigenvalue weighted by atomic mass is 10.5. The Morgan fingerprint density at radius 2 is 1.93 bits per heavy atom. The summed E-state index contributed by atoms with van der Waals surface area (Å²) in [6, 6.07) is 0. The first-order chi connectivity index (χ1) is 6.62. The van der Waals surface area contributed by atoms with E-state index in [0.717, 1.165) is 11.4 Å². The molecule has 0 aliphatic rings. The van der Waals surface area contributed by atoms with Gasteiger partial charge in [0, 0.05) is 32.6 Å². The zero-order valence-corrected chi connectivity index (χ0v) is 10.0. The van der Waals surface area contributed by atoms with Gasteiger partial charge in [0.05, 0.1) is 13.7 Å². The van der Waals surface area contributed by atoms with Gasteiger partial charge >= 0.3 is 0 Å². The lowest BCUT2D eigenvalue weighted by Gasteiger charge is -1.94. The molecule has 0 aromatic carbocycles. The van der Waals surface area contributed by atoms with Gasteiger partial charge in [-0.25, -0.2) is 0 Å². The summed E-state index contributed by atoms with van der Waals surface area (Å²) in [5, 5.41) is 2.90. The Kier molecular flexibility index (Phi) is 13.2. The SMILES string of the molecule is CN/C(C)=C\OC.CN=C(C)COC. The molecular formula is C10H22N2O2. The Balaban J connectivity index is 0. The van der Waals surface area contributed by atoms with Crippen molar-refractivity contribution < 1.29 is 9.47 Å². The maximum atomic E-state index is 4.76. The Labute approximate surface area is 87.0 Å². The fraction of sp³-hybridized carbons (Fsp3) is 0.700. The predicted molar refractivity (Wildman–Crippen MR) is 60.7 cm³/mol. The van der Waals surface area contributed by atoms with Gasteiger partial charge in [-0.3, -0.25) is 4.99 Å². The molecule has 84 valence electrons. The molecule has 4 heteroatoms. The van der Waals surface area contributed by atoms with E-state index in [1.165, 1.54) is 0 Å². The fourth-order valence-corrected chi connectivity index (χ4v) is 0.509. The highest BCUT2D eigenvalue weighted by atomic mass is 16.5. The second-order valence-corrected chi connectivity index (χ2v) is 2.68. The zero-order valence-electron chi connectivity index (χ0n) is 10.0. The molecule has 0 saturated carbocycles. The molecule has 14 heavy (non-hydrogen) atoms. The van der Waals surface area contributed by atoms with Crippen molar-refractivity contribution in [1.29, 1.82) is 0 Å². The number of hydrogen-bond donors (Lipinski definition) is 1. The largest absolute Gasteiger partial charge is 0.503 e. The predicted octanol–water partition coefficient (Wildman–Crippen LogP) is 1.44.